The van der Waals surface area contributed by atoms with Gasteiger partial charge >= 0.3 is 5.97 Å². The van der Waals surface area contributed by atoms with E-state index < -0.39 is 29.8 Å². The fourth-order valence-electron chi connectivity index (χ4n) is 2.91. The summed E-state index contributed by atoms with van der Waals surface area (Å²) in [6.07, 6.45) is 2.32. The number of halogens is 1. The van der Waals surface area contributed by atoms with Crippen LogP contribution in [0, 0.1) is 5.82 Å². The number of rotatable bonds is 4. The van der Waals surface area contributed by atoms with Crippen LogP contribution in [-0.2, 0) is 19.1 Å². The van der Waals surface area contributed by atoms with Crippen molar-refractivity contribution in [2.45, 2.75) is 19.4 Å². The largest absolute Gasteiger partial charge is 0.452 e. The number of fused-ring (bicyclic) bond motifs is 1. The maximum Gasteiger partial charge on any atom is 0.331 e. The second-order valence-electron chi connectivity index (χ2n) is 6.72. The van der Waals surface area contributed by atoms with Crippen molar-refractivity contribution in [1.82, 2.24) is 0 Å². The fraction of sp³-hybridized carbons (Fsp3) is 0.190. The lowest BCUT2D eigenvalue weighted by Crippen LogP contribution is -2.59. The molecule has 0 aliphatic carbocycles. The van der Waals surface area contributed by atoms with Gasteiger partial charge in [0.1, 0.15) is 11.4 Å². The first-order valence-corrected chi connectivity index (χ1v) is 8.63. The van der Waals surface area contributed by atoms with E-state index in [0.29, 0.717) is 11.4 Å². The topological polar surface area (TPSA) is 75.7 Å². The number of hydrogen-bond donors (Lipinski definition) is 1. The highest BCUT2D eigenvalue weighted by Gasteiger charge is 2.43. The maximum absolute atomic E-state index is 13.6. The van der Waals surface area contributed by atoms with Crippen LogP contribution in [-0.4, -0.2) is 29.9 Å². The van der Waals surface area contributed by atoms with Gasteiger partial charge in [-0.3, -0.25) is 14.5 Å². The second-order valence-corrected chi connectivity index (χ2v) is 6.72. The van der Waals surface area contributed by atoms with Crippen LogP contribution in [0.25, 0.3) is 6.08 Å². The van der Waals surface area contributed by atoms with E-state index in [2.05, 4.69) is 5.32 Å². The quantitative estimate of drug-likeness (QED) is 0.651. The molecule has 2 amide bonds. The molecule has 7 heteroatoms. The van der Waals surface area contributed by atoms with E-state index in [4.69, 9.17) is 4.74 Å². The van der Waals surface area contributed by atoms with Gasteiger partial charge in [-0.25, -0.2) is 9.18 Å². The van der Waals surface area contributed by atoms with Crippen LogP contribution < -0.4 is 10.2 Å². The number of carbonyl (C=O) groups excluding carboxylic acids is 3. The Labute approximate surface area is 161 Å². The number of benzene rings is 2. The van der Waals surface area contributed by atoms with Gasteiger partial charge in [-0.05, 0) is 38.1 Å². The van der Waals surface area contributed by atoms with Gasteiger partial charge in [0.15, 0.2) is 6.61 Å². The second kappa shape index (κ2) is 7.64. The predicted octanol–water partition coefficient (Wildman–Crippen LogP) is 3.15. The number of nitrogens with zero attached hydrogens (tertiary/aromatic N) is 1. The summed E-state index contributed by atoms with van der Waals surface area (Å²) < 4.78 is 18.5. The number of nitrogens with one attached hydrogen (secondary N) is 1. The van der Waals surface area contributed by atoms with Crippen molar-refractivity contribution in [3.63, 3.8) is 0 Å². The van der Waals surface area contributed by atoms with E-state index in [-0.39, 0.29) is 11.5 Å². The Hall–Kier alpha value is -3.48. The van der Waals surface area contributed by atoms with Crippen molar-refractivity contribution in [1.29, 1.82) is 0 Å². The molecular formula is C21H19FN2O4. The van der Waals surface area contributed by atoms with Crippen molar-refractivity contribution >= 4 is 35.2 Å². The molecule has 0 radical (unpaired) electrons. The normalized spacial score (nSPS) is 15.1. The molecule has 0 bridgehead atoms. The van der Waals surface area contributed by atoms with E-state index in [0.717, 1.165) is 6.08 Å². The number of carbonyl (C=O) groups is 3. The zero-order valence-electron chi connectivity index (χ0n) is 15.4. The van der Waals surface area contributed by atoms with Crippen molar-refractivity contribution in [2.75, 3.05) is 16.8 Å². The standard InChI is InChI=1S/C21H19FN2O4/c1-21(2)20(27)23-16-9-5-6-10-17(16)24(21)18(25)13-28-19(26)12-11-14-7-3-4-8-15(14)22/h3-12H,13H2,1-2H3,(H,23,27). The third-order valence-electron chi connectivity index (χ3n) is 4.40. The van der Waals surface area contributed by atoms with Crippen molar-refractivity contribution < 1.29 is 23.5 Å². The molecule has 1 aliphatic heterocycles. The molecule has 2 aromatic carbocycles. The van der Waals surface area contributed by atoms with Gasteiger partial charge in [0.25, 0.3) is 5.91 Å². The first-order valence-electron chi connectivity index (χ1n) is 8.63. The summed E-state index contributed by atoms with van der Waals surface area (Å²) >= 11 is 0. The molecule has 28 heavy (non-hydrogen) atoms. The SMILES string of the molecule is CC1(C)C(=O)Nc2ccccc2N1C(=O)COC(=O)C=Cc1ccccc1F. The molecule has 1 N–H and O–H groups in total. The van der Waals surface area contributed by atoms with Crippen LogP contribution in [0.15, 0.2) is 54.6 Å². The van der Waals surface area contributed by atoms with E-state index >= 15 is 0 Å². The minimum Gasteiger partial charge on any atom is -0.452 e. The van der Waals surface area contributed by atoms with Crippen molar-refractivity contribution in [3.05, 3.63) is 66.0 Å². The summed E-state index contributed by atoms with van der Waals surface area (Å²) in [4.78, 5) is 38.3. The van der Waals surface area contributed by atoms with Crippen molar-refractivity contribution in [3.8, 4) is 0 Å². The highest BCUT2D eigenvalue weighted by atomic mass is 19.1. The molecule has 0 fully saturated rings. The molecule has 1 aliphatic rings. The predicted molar refractivity (Wildman–Crippen MR) is 103 cm³/mol. The lowest BCUT2D eigenvalue weighted by atomic mass is 9.96. The van der Waals surface area contributed by atoms with Gasteiger partial charge in [-0.2, -0.15) is 0 Å². The zero-order valence-corrected chi connectivity index (χ0v) is 15.4. The molecule has 0 atom stereocenters. The molecule has 0 saturated heterocycles. The van der Waals surface area contributed by atoms with Gasteiger partial charge in [-0.1, -0.05) is 30.3 Å². The molecular weight excluding hydrogens is 363 g/mol. The first kappa shape index (κ1) is 19.3. The summed E-state index contributed by atoms with van der Waals surface area (Å²) in [5, 5.41) is 2.76. The van der Waals surface area contributed by atoms with Crippen LogP contribution in [0.2, 0.25) is 0 Å². The Balaban J connectivity index is 1.71. The van der Waals surface area contributed by atoms with Crippen LogP contribution in [0.4, 0.5) is 15.8 Å². The Morgan fingerprint density at radius 2 is 1.82 bits per heavy atom. The number of hydrogen-bond acceptors (Lipinski definition) is 4. The molecule has 0 saturated carbocycles. The van der Waals surface area contributed by atoms with E-state index in [9.17, 15) is 18.8 Å². The summed E-state index contributed by atoms with van der Waals surface area (Å²) in [5.41, 5.74) is 0.107. The van der Waals surface area contributed by atoms with Gasteiger partial charge in [0.05, 0.1) is 11.4 Å². The first-order chi connectivity index (χ1) is 13.3. The van der Waals surface area contributed by atoms with Crippen LogP contribution >= 0.6 is 0 Å². The van der Waals surface area contributed by atoms with Crippen LogP contribution in [0.1, 0.15) is 19.4 Å². The summed E-state index contributed by atoms with van der Waals surface area (Å²) in [6, 6.07) is 12.8. The summed E-state index contributed by atoms with van der Waals surface area (Å²) in [5.74, 6) is -2.14. The fourth-order valence-corrected chi connectivity index (χ4v) is 2.91. The summed E-state index contributed by atoms with van der Waals surface area (Å²) in [6.45, 7) is 2.66. The van der Waals surface area contributed by atoms with Gasteiger partial charge in [0.2, 0.25) is 5.91 Å². The minimum atomic E-state index is -1.15. The Morgan fingerprint density at radius 1 is 1.14 bits per heavy atom. The monoisotopic (exact) mass is 382 g/mol. The molecule has 2 aromatic rings. The van der Waals surface area contributed by atoms with E-state index in [1.165, 1.54) is 29.2 Å². The number of para-hydroxylation sites is 2. The number of ether oxygens (including phenoxy) is 1. The smallest absolute Gasteiger partial charge is 0.331 e. The molecule has 0 unspecified atom stereocenters. The number of amides is 2. The van der Waals surface area contributed by atoms with Gasteiger partial charge in [0, 0.05) is 11.6 Å². The molecule has 1 heterocycles. The van der Waals surface area contributed by atoms with Crippen molar-refractivity contribution in [2.24, 2.45) is 0 Å². The van der Waals surface area contributed by atoms with Crippen LogP contribution in [0.5, 0.6) is 0 Å². The number of anilines is 2. The third-order valence-corrected chi connectivity index (χ3v) is 4.40. The number of esters is 1. The molecule has 0 aromatic heterocycles. The lowest BCUT2D eigenvalue weighted by molar-refractivity contribution is -0.143. The summed E-state index contributed by atoms with van der Waals surface area (Å²) in [7, 11) is 0. The molecule has 3 rings (SSSR count). The Morgan fingerprint density at radius 3 is 2.57 bits per heavy atom. The van der Waals surface area contributed by atoms with Gasteiger partial charge in [-0.15, -0.1) is 0 Å². The van der Waals surface area contributed by atoms with E-state index in [1.807, 2.05) is 0 Å². The average molecular weight is 382 g/mol. The lowest BCUT2D eigenvalue weighted by Gasteiger charge is -2.41. The molecule has 6 nitrogen and oxygen atoms in total. The average Bonchev–Trinajstić information content (AvgIpc) is 2.66. The molecule has 144 valence electrons. The third kappa shape index (κ3) is 3.78. The van der Waals surface area contributed by atoms with Gasteiger partial charge < -0.3 is 10.1 Å². The Kier molecular flexibility index (Phi) is 5.26. The van der Waals surface area contributed by atoms with Crippen LogP contribution in [0.3, 0.4) is 0 Å². The maximum atomic E-state index is 13.6. The molecule has 0 spiro atoms. The van der Waals surface area contributed by atoms with E-state index in [1.54, 1.807) is 44.2 Å². The highest BCUT2D eigenvalue weighted by Crippen LogP contribution is 2.36. The minimum absolute atomic E-state index is 0.230. The Bertz CT molecular complexity index is 968. The zero-order chi connectivity index (χ0) is 20.3. The highest BCUT2D eigenvalue weighted by molar-refractivity contribution is 6.14.